The molecule has 0 heterocycles. The van der Waals surface area contributed by atoms with Crippen LogP contribution in [0.3, 0.4) is 0 Å². The number of nitrogens with one attached hydrogen (secondary N) is 1. The molecule has 2 atom stereocenters. The lowest BCUT2D eigenvalue weighted by molar-refractivity contribution is -0.125. The Hall–Kier alpha value is -2.44. The first kappa shape index (κ1) is 19.9. The van der Waals surface area contributed by atoms with E-state index < -0.39 is 5.97 Å². The minimum Gasteiger partial charge on any atom is -0.496 e. The van der Waals surface area contributed by atoms with E-state index in [0.717, 1.165) is 19.3 Å². The molecule has 0 spiro atoms. The third-order valence-electron chi connectivity index (χ3n) is 4.72. The molecule has 0 bridgehead atoms. The standard InChI is InChI=1S/C19H27NO6/c1-12-7-5-6-8-14(12)20-18(21)11-26-19(22)13-9-16(24-3)17(25-4)10-15(13)23-2/h9-10,12,14H,5-8,11H2,1-4H3,(H,20,21). The van der Waals surface area contributed by atoms with Crippen molar-refractivity contribution >= 4 is 11.9 Å². The molecule has 1 fully saturated rings. The lowest BCUT2D eigenvalue weighted by Gasteiger charge is -2.29. The lowest BCUT2D eigenvalue weighted by Crippen LogP contribution is -2.42. The largest absolute Gasteiger partial charge is 0.496 e. The number of amides is 1. The molecule has 7 nitrogen and oxygen atoms in total. The number of ether oxygens (including phenoxy) is 4. The summed E-state index contributed by atoms with van der Waals surface area (Å²) >= 11 is 0. The maximum atomic E-state index is 12.4. The molecule has 0 saturated heterocycles. The fraction of sp³-hybridized carbons (Fsp3) is 0.579. The van der Waals surface area contributed by atoms with Gasteiger partial charge in [-0.2, -0.15) is 0 Å². The van der Waals surface area contributed by atoms with Gasteiger partial charge in [0.2, 0.25) is 0 Å². The van der Waals surface area contributed by atoms with Gasteiger partial charge in [-0.1, -0.05) is 19.8 Å². The Morgan fingerprint density at radius 1 is 1.00 bits per heavy atom. The molecule has 1 saturated carbocycles. The van der Waals surface area contributed by atoms with Crippen LogP contribution in [0.5, 0.6) is 17.2 Å². The molecule has 1 aliphatic rings. The second-order valence-corrected chi connectivity index (χ2v) is 6.42. The minimum absolute atomic E-state index is 0.144. The van der Waals surface area contributed by atoms with Crippen LogP contribution in [0.25, 0.3) is 0 Å². The monoisotopic (exact) mass is 365 g/mol. The molecule has 2 rings (SSSR count). The smallest absolute Gasteiger partial charge is 0.342 e. The minimum atomic E-state index is -0.658. The summed E-state index contributed by atoms with van der Waals surface area (Å²) in [6.07, 6.45) is 4.37. The van der Waals surface area contributed by atoms with Gasteiger partial charge in [-0.25, -0.2) is 4.79 Å². The van der Waals surface area contributed by atoms with Crippen LogP contribution < -0.4 is 19.5 Å². The second kappa shape index (κ2) is 9.31. The molecule has 0 radical (unpaired) electrons. The Labute approximate surface area is 153 Å². The average molecular weight is 365 g/mol. The van der Waals surface area contributed by atoms with Crippen LogP contribution in [0.1, 0.15) is 43.0 Å². The van der Waals surface area contributed by atoms with Crippen molar-refractivity contribution in [3.05, 3.63) is 17.7 Å². The van der Waals surface area contributed by atoms with Crippen molar-refractivity contribution in [1.82, 2.24) is 5.32 Å². The highest BCUT2D eigenvalue weighted by Gasteiger charge is 2.24. The van der Waals surface area contributed by atoms with E-state index in [-0.39, 0.29) is 29.9 Å². The molecule has 144 valence electrons. The predicted molar refractivity (Wildman–Crippen MR) is 95.9 cm³/mol. The quantitative estimate of drug-likeness (QED) is 0.748. The van der Waals surface area contributed by atoms with E-state index in [1.165, 1.54) is 33.8 Å². The Morgan fingerprint density at radius 2 is 1.62 bits per heavy atom. The first-order valence-electron chi connectivity index (χ1n) is 8.76. The van der Waals surface area contributed by atoms with E-state index in [1.54, 1.807) is 6.07 Å². The highest BCUT2D eigenvalue weighted by atomic mass is 16.5. The number of benzene rings is 1. The number of methoxy groups -OCH3 is 3. The number of carbonyl (C=O) groups excluding carboxylic acids is 2. The van der Waals surface area contributed by atoms with E-state index in [4.69, 9.17) is 18.9 Å². The van der Waals surface area contributed by atoms with Crippen LogP contribution in [0.2, 0.25) is 0 Å². The Balaban J connectivity index is 1.99. The zero-order chi connectivity index (χ0) is 19.1. The Kier molecular flexibility index (Phi) is 7.12. The normalized spacial score (nSPS) is 19.4. The molecule has 2 unspecified atom stereocenters. The number of carbonyl (C=O) groups is 2. The molecule has 7 heteroatoms. The second-order valence-electron chi connectivity index (χ2n) is 6.42. The molecule has 26 heavy (non-hydrogen) atoms. The predicted octanol–water partition coefficient (Wildman–Crippen LogP) is 2.56. The van der Waals surface area contributed by atoms with Gasteiger partial charge in [0.1, 0.15) is 11.3 Å². The van der Waals surface area contributed by atoms with Crippen molar-refractivity contribution in [2.45, 2.75) is 38.6 Å². The van der Waals surface area contributed by atoms with Crippen molar-refractivity contribution < 1.29 is 28.5 Å². The average Bonchev–Trinajstić information content (AvgIpc) is 2.66. The highest BCUT2D eigenvalue weighted by molar-refractivity contribution is 5.95. The first-order chi connectivity index (χ1) is 12.5. The van der Waals surface area contributed by atoms with Gasteiger partial charge < -0.3 is 24.3 Å². The Morgan fingerprint density at radius 3 is 2.23 bits per heavy atom. The molecule has 0 aromatic heterocycles. The van der Waals surface area contributed by atoms with E-state index >= 15 is 0 Å². The van der Waals surface area contributed by atoms with Gasteiger partial charge in [-0.05, 0) is 18.8 Å². The summed E-state index contributed by atoms with van der Waals surface area (Å²) in [6.45, 7) is 1.80. The molecule has 1 aromatic carbocycles. The Bertz CT molecular complexity index is 645. The van der Waals surface area contributed by atoms with Crippen molar-refractivity contribution in [2.24, 2.45) is 5.92 Å². The van der Waals surface area contributed by atoms with Gasteiger partial charge in [-0.15, -0.1) is 0 Å². The van der Waals surface area contributed by atoms with Crippen LogP contribution >= 0.6 is 0 Å². The molecular weight excluding hydrogens is 338 g/mol. The number of hydrogen-bond donors (Lipinski definition) is 1. The molecule has 1 aromatic rings. The van der Waals surface area contributed by atoms with Crippen molar-refractivity contribution in [1.29, 1.82) is 0 Å². The van der Waals surface area contributed by atoms with Crippen molar-refractivity contribution in [3.63, 3.8) is 0 Å². The molecule has 1 N–H and O–H groups in total. The van der Waals surface area contributed by atoms with E-state index in [0.29, 0.717) is 17.4 Å². The number of esters is 1. The van der Waals surface area contributed by atoms with Crippen LogP contribution in [-0.2, 0) is 9.53 Å². The third kappa shape index (κ3) is 4.80. The summed E-state index contributed by atoms with van der Waals surface area (Å²) in [5.74, 6) is 0.583. The summed E-state index contributed by atoms with van der Waals surface area (Å²) < 4.78 is 20.8. The fourth-order valence-electron chi connectivity index (χ4n) is 3.18. The molecule has 1 amide bonds. The summed E-state index contributed by atoms with van der Waals surface area (Å²) in [5.41, 5.74) is 0.170. The van der Waals surface area contributed by atoms with Crippen LogP contribution in [-0.4, -0.2) is 45.9 Å². The van der Waals surface area contributed by atoms with Crippen LogP contribution in [0.4, 0.5) is 0 Å². The number of rotatable bonds is 7. The fourth-order valence-corrected chi connectivity index (χ4v) is 3.18. The van der Waals surface area contributed by atoms with Gasteiger partial charge in [-0.3, -0.25) is 4.79 Å². The van der Waals surface area contributed by atoms with E-state index in [1.807, 2.05) is 0 Å². The van der Waals surface area contributed by atoms with Crippen molar-refractivity contribution in [3.8, 4) is 17.2 Å². The first-order valence-corrected chi connectivity index (χ1v) is 8.76. The van der Waals surface area contributed by atoms with Gasteiger partial charge in [0.05, 0.1) is 21.3 Å². The molecule has 1 aliphatic carbocycles. The molecular formula is C19H27NO6. The van der Waals surface area contributed by atoms with Gasteiger partial charge >= 0.3 is 5.97 Å². The van der Waals surface area contributed by atoms with E-state index in [9.17, 15) is 9.59 Å². The maximum Gasteiger partial charge on any atom is 0.342 e. The van der Waals surface area contributed by atoms with Crippen molar-refractivity contribution in [2.75, 3.05) is 27.9 Å². The molecule has 0 aliphatic heterocycles. The zero-order valence-electron chi connectivity index (χ0n) is 15.8. The van der Waals surface area contributed by atoms with Gasteiger partial charge in [0, 0.05) is 18.2 Å². The topological polar surface area (TPSA) is 83.1 Å². The third-order valence-corrected chi connectivity index (χ3v) is 4.72. The zero-order valence-corrected chi connectivity index (χ0v) is 15.8. The summed E-state index contributed by atoms with van der Waals surface area (Å²) in [6, 6.07) is 3.16. The summed E-state index contributed by atoms with van der Waals surface area (Å²) in [7, 11) is 4.40. The van der Waals surface area contributed by atoms with Gasteiger partial charge in [0.15, 0.2) is 18.1 Å². The van der Waals surface area contributed by atoms with Gasteiger partial charge in [0.25, 0.3) is 5.91 Å². The SMILES string of the molecule is COc1cc(OC)c(C(=O)OCC(=O)NC2CCCCC2C)cc1OC. The summed E-state index contributed by atoms with van der Waals surface area (Å²) in [4.78, 5) is 24.5. The summed E-state index contributed by atoms with van der Waals surface area (Å²) in [5, 5.41) is 2.95. The lowest BCUT2D eigenvalue weighted by atomic mass is 9.86. The van der Waals surface area contributed by atoms with E-state index in [2.05, 4.69) is 12.2 Å². The van der Waals surface area contributed by atoms with Crippen LogP contribution in [0, 0.1) is 5.92 Å². The highest BCUT2D eigenvalue weighted by Crippen LogP contribution is 2.34. The maximum absolute atomic E-state index is 12.4. The number of hydrogen-bond acceptors (Lipinski definition) is 6. The van der Waals surface area contributed by atoms with Crippen LogP contribution in [0.15, 0.2) is 12.1 Å².